The van der Waals surface area contributed by atoms with Gasteiger partial charge in [0.1, 0.15) is 5.75 Å². The minimum absolute atomic E-state index is 0.140. The van der Waals surface area contributed by atoms with Crippen LogP contribution in [-0.2, 0) is 4.79 Å². The fourth-order valence-electron chi connectivity index (χ4n) is 4.41. The van der Waals surface area contributed by atoms with Crippen molar-refractivity contribution in [2.75, 3.05) is 10.6 Å². The second-order valence-corrected chi connectivity index (χ2v) is 7.67. The Balaban J connectivity index is 1.63. The van der Waals surface area contributed by atoms with Crippen LogP contribution in [0.2, 0.25) is 0 Å². The largest absolute Gasteiger partial charge is 0.508 e. The van der Waals surface area contributed by atoms with Crippen molar-refractivity contribution in [3.8, 4) is 5.75 Å². The Labute approximate surface area is 169 Å². The van der Waals surface area contributed by atoms with Gasteiger partial charge in [-0.1, -0.05) is 54.6 Å². The lowest BCUT2D eigenvalue weighted by molar-refractivity contribution is -0.116. The Kier molecular flexibility index (Phi) is 4.32. The summed E-state index contributed by atoms with van der Waals surface area (Å²) in [5.41, 5.74) is 5.69. The maximum atomic E-state index is 13.4. The Morgan fingerprint density at radius 1 is 0.793 bits per heavy atom. The van der Waals surface area contributed by atoms with Crippen LogP contribution in [0.5, 0.6) is 5.75 Å². The molecule has 0 amide bonds. The molecular formula is C25H22N2O2. The normalized spacial score (nSPS) is 20.8. The number of Topliss-reactive ketones (excluding diaryl/α,β-unsaturated/α-hetero) is 1. The van der Waals surface area contributed by atoms with E-state index >= 15 is 0 Å². The van der Waals surface area contributed by atoms with Gasteiger partial charge in [0.2, 0.25) is 0 Å². The Bertz CT molecular complexity index is 1100. The fourth-order valence-corrected chi connectivity index (χ4v) is 4.41. The van der Waals surface area contributed by atoms with Crippen LogP contribution >= 0.6 is 0 Å². The molecule has 1 heterocycles. The Morgan fingerprint density at radius 2 is 1.52 bits per heavy atom. The van der Waals surface area contributed by atoms with E-state index in [1.807, 2.05) is 54.6 Å². The van der Waals surface area contributed by atoms with Crippen LogP contribution in [-0.4, -0.2) is 10.9 Å². The van der Waals surface area contributed by atoms with Gasteiger partial charge in [0.25, 0.3) is 0 Å². The predicted octanol–water partition coefficient (Wildman–Crippen LogP) is 5.37. The maximum Gasteiger partial charge on any atom is 0.163 e. The van der Waals surface area contributed by atoms with Crippen LogP contribution in [0, 0.1) is 0 Å². The highest BCUT2D eigenvalue weighted by molar-refractivity contribution is 6.01. The molecule has 1 aliphatic heterocycles. The Morgan fingerprint density at radius 3 is 2.31 bits per heavy atom. The number of benzene rings is 3. The first-order valence-corrected chi connectivity index (χ1v) is 9.92. The number of allylic oxidation sites excluding steroid dienone is 1. The third-order valence-electron chi connectivity index (χ3n) is 5.78. The van der Waals surface area contributed by atoms with Gasteiger partial charge < -0.3 is 15.7 Å². The van der Waals surface area contributed by atoms with E-state index in [4.69, 9.17) is 0 Å². The number of nitrogens with one attached hydrogen (secondary N) is 2. The number of para-hydroxylation sites is 2. The molecule has 0 spiro atoms. The average Bonchev–Trinajstić information content (AvgIpc) is 2.91. The average molecular weight is 382 g/mol. The third kappa shape index (κ3) is 3.27. The zero-order chi connectivity index (χ0) is 19.8. The van der Waals surface area contributed by atoms with Crippen LogP contribution in [0.1, 0.15) is 35.9 Å². The van der Waals surface area contributed by atoms with Crippen LogP contribution in [0.15, 0.2) is 90.1 Å². The molecule has 3 aromatic rings. The number of rotatable bonds is 2. The molecule has 3 aromatic carbocycles. The first kappa shape index (κ1) is 17.6. The van der Waals surface area contributed by atoms with Gasteiger partial charge in [-0.2, -0.15) is 0 Å². The van der Waals surface area contributed by atoms with Gasteiger partial charge in [-0.3, -0.25) is 4.79 Å². The summed E-state index contributed by atoms with van der Waals surface area (Å²) >= 11 is 0. The summed E-state index contributed by atoms with van der Waals surface area (Å²) in [4.78, 5) is 13.4. The van der Waals surface area contributed by atoms with Crippen molar-refractivity contribution in [1.29, 1.82) is 0 Å². The number of anilines is 2. The zero-order valence-corrected chi connectivity index (χ0v) is 15.9. The SMILES string of the molecule is O=C1C[C@H](c2ccccc2)CC2=C1[C@@H](c1cccc(O)c1)Nc1ccccc1N2. The molecule has 2 atom stereocenters. The van der Waals surface area contributed by atoms with Gasteiger partial charge >= 0.3 is 0 Å². The number of carbonyl (C=O) groups is 1. The van der Waals surface area contributed by atoms with Gasteiger partial charge in [-0.05, 0) is 47.7 Å². The van der Waals surface area contributed by atoms with Crippen molar-refractivity contribution in [3.05, 3.63) is 101 Å². The van der Waals surface area contributed by atoms with E-state index in [0.717, 1.165) is 34.6 Å². The van der Waals surface area contributed by atoms with E-state index in [-0.39, 0.29) is 23.5 Å². The van der Waals surface area contributed by atoms with E-state index in [2.05, 4.69) is 22.8 Å². The van der Waals surface area contributed by atoms with Crippen molar-refractivity contribution in [2.45, 2.75) is 24.8 Å². The molecule has 4 nitrogen and oxygen atoms in total. The lowest BCUT2D eigenvalue weighted by Crippen LogP contribution is -2.26. The molecule has 4 heteroatoms. The first-order valence-electron chi connectivity index (χ1n) is 9.92. The van der Waals surface area contributed by atoms with Crippen molar-refractivity contribution in [1.82, 2.24) is 0 Å². The quantitative estimate of drug-likeness (QED) is 0.557. The monoisotopic (exact) mass is 382 g/mol. The third-order valence-corrected chi connectivity index (χ3v) is 5.78. The minimum atomic E-state index is -0.308. The zero-order valence-electron chi connectivity index (χ0n) is 15.9. The highest BCUT2D eigenvalue weighted by atomic mass is 16.3. The summed E-state index contributed by atoms with van der Waals surface area (Å²) in [5.74, 6) is 0.494. The first-order chi connectivity index (χ1) is 14.2. The number of carbonyl (C=O) groups excluding carboxylic acids is 1. The molecule has 0 fully saturated rings. The molecule has 2 aliphatic rings. The van der Waals surface area contributed by atoms with E-state index in [0.29, 0.717) is 6.42 Å². The van der Waals surface area contributed by atoms with Crippen molar-refractivity contribution in [2.24, 2.45) is 0 Å². The smallest absolute Gasteiger partial charge is 0.163 e. The van der Waals surface area contributed by atoms with Crippen molar-refractivity contribution >= 4 is 17.2 Å². The molecule has 1 aliphatic carbocycles. The van der Waals surface area contributed by atoms with Crippen molar-refractivity contribution in [3.63, 3.8) is 0 Å². The topological polar surface area (TPSA) is 61.4 Å². The van der Waals surface area contributed by atoms with E-state index in [1.165, 1.54) is 5.56 Å². The maximum absolute atomic E-state index is 13.4. The lowest BCUT2D eigenvalue weighted by atomic mass is 9.78. The number of phenols is 1. The highest BCUT2D eigenvalue weighted by Crippen LogP contribution is 2.44. The number of ketones is 1. The number of aromatic hydroxyl groups is 1. The van der Waals surface area contributed by atoms with Gasteiger partial charge in [-0.15, -0.1) is 0 Å². The summed E-state index contributed by atoms with van der Waals surface area (Å²) < 4.78 is 0. The van der Waals surface area contributed by atoms with Crippen LogP contribution in [0.3, 0.4) is 0 Å². The summed E-state index contributed by atoms with van der Waals surface area (Å²) in [7, 11) is 0. The van der Waals surface area contributed by atoms with E-state index < -0.39 is 0 Å². The van der Waals surface area contributed by atoms with Gasteiger partial charge in [0, 0.05) is 17.7 Å². The standard InChI is InChI=1S/C25H22N2O2/c28-19-10-6-9-17(13-19)25-24-22(26-20-11-4-5-12-21(20)27-25)14-18(15-23(24)29)16-7-2-1-3-8-16/h1-13,18,25-28H,14-15H2/t18-,25-/m1/s1. The van der Waals surface area contributed by atoms with Crippen LogP contribution in [0.4, 0.5) is 11.4 Å². The van der Waals surface area contributed by atoms with Gasteiger partial charge in [0.05, 0.1) is 17.4 Å². The number of hydrogen-bond donors (Lipinski definition) is 3. The number of phenolic OH excluding ortho intramolecular Hbond substituents is 1. The summed E-state index contributed by atoms with van der Waals surface area (Å²) in [6.45, 7) is 0. The van der Waals surface area contributed by atoms with E-state index in [1.54, 1.807) is 12.1 Å². The molecular weight excluding hydrogens is 360 g/mol. The molecule has 0 radical (unpaired) electrons. The molecule has 0 aromatic heterocycles. The minimum Gasteiger partial charge on any atom is -0.508 e. The van der Waals surface area contributed by atoms with Crippen LogP contribution < -0.4 is 10.6 Å². The highest BCUT2D eigenvalue weighted by Gasteiger charge is 2.36. The lowest BCUT2D eigenvalue weighted by Gasteiger charge is -2.30. The van der Waals surface area contributed by atoms with Gasteiger partial charge in [-0.25, -0.2) is 0 Å². The molecule has 29 heavy (non-hydrogen) atoms. The second kappa shape index (κ2) is 7.13. The van der Waals surface area contributed by atoms with Crippen molar-refractivity contribution < 1.29 is 9.90 Å². The molecule has 3 N–H and O–H groups in total. The summed E-state index contributed by atoms with van der Waals surface area (Å²) in [6, 6.07) is 25.1. The molecule has 0 saturated heterocycles. The molecule has 0 unspecified atom stereocenters. The fraction of sp³-hybridized carbons (Fsp3) is 0.160. The van der Waals surface area contributed by atoms with Crippen LogP contribution in [0.25, 0.3) is 0 Å². The molecule has 0 saturated carbocycles. The summed E-state index contributed by atoms with van der Waals surface area (Å²) in [5, 5.41) is 17.1. The molecule has 5 rings (SSSR count). The molecule has 144 valence electrons. The Hall–Kier alpha value is -3.53. The van der Waals surface area contributed by atoms with E-state index in [9.17, 15) is 9.90 Å². The number of fused-ring (bicyclic) bond motifs is 1. The predicted molar refractivity (Wildman–Crippen MR) is 115 cm³/mol. The second-order valence-electron chi connectivity index (χ2n) is 7.67. The van der Waals surface area contributed by atoms with Gasteiger partial charge in [0.15, 0.2) is 5.78 Å². The summed E-state index contributed by atoms with van der Waals surface area (Å²) in [6.07, 6.45) is 1.26. The molecule has 0 bridgehead atoms. The number of hydrogen-bond acceptors (Lipinski definition) is 4.